The zero-order chi connectivity index (χ0) is 17.3. The van der Waals surface area contributed by atoms with Crippen LogP contribution in [0.1, 0.15) is 10.5 Å². The summed E-state index contributed by atoms with van der Waals surface area (Å²) < 4.78 is 29.9. The van der Waals surface area contributed by atoms with Crippen LogP contribution in [0.4, 0.5) is 0 Å². The maximum atomic E-state index is 12.8. The second kappa shape index (κ2) is 6.23. The van der Waals surface area contributed by atoms with Gasteiger partial charge in [-0.05, 0) is 6.07 Å². The summed E-state index contributed by atoms with van der Waals surface area (Å²) in [5, 5.41) is 0.567. The highest BCUT2D eigenvalue weighted by Crippen LogP contribution is 2.32. The fraction of sp³-hybridized carbons (Fsp3) is 0.400. The minimum Gasteiger partial charge on any atom is -0.493 e. The zero-order valence-corrected chi connectivity index (χ0v) is 14.3. The molecule has 1 amide bonds. The molecule has 0 unspecified atom stereocenters. The molecule has 0 bridgehead atoms. The summed E-state index contributed by atoms with van der Waals surface area (Å²) in [5.41, 5.74) is 0.839. The van der Waals surface area contributed by atoms with Gasteiger partial charge >= 0.3 is 0 Å². The Morgan fingerprint density at radius 2 is 1.79 bits per heavy atom. The van der Waals surface area contributed by atoms with E-state index in [4.69, 9.17) is 14.3 Å². The number of nitrogens with one attached hydrogen (secondary N) is 1. The van der Waals surface area contributed by atoms with E-state index in [0.29, 0.717) is 35.5 Å². The molecule has 24 heavy (non-hydrogen) atoms. The van der Waals surface area contributed by atoms with Crippen molar-refractivity contribution in [2.45, 2.75) is 0 Å². The predicted molar refractivity (Wildman–Crippen MR) is 89.1 cm³/mol. The molecular formula is C15H18N4O4S. The molecule has 0 spiro atoms. The van der Waals surface area contributed by atoms with Crippen LogP contribution in [0.5, 0.6) is 11.5 Å². The first kappa shape index (κ1) is 16.4. The van der Waals surface area contributed by atoms with Crippen molar-refractivity contribution in [2.75, 3.05) is 38.8 Å². The van der Waals surface area contributed by atoms with E-state index < -0.39 is 9.73 Å². The number of methoxy groups -OCH3 is 2. The topological polar surface area (TPSA) is 105 Å². The Bertz CT molecular complexity index is 884. The molecule has 1 saturated heterocycles. The summed E-state index contributed by atoms with van der Waals surface area (Å²) >= 11 is 0. The van der Waals surface area contributed by atoms with E-state index in [1.165, 1.54) is 20.5 Å². The smallest absolute Gasteiger partial charge is 0.273 e. The zero-order valence-electron chi connectivity index (χ0n) is 13.4. The van der Waals surface area contributed by atoms with Crippen LogP contribution in [0.3, 0.4) is 0 Å². The van der Waals surface area contributed by atoms with E-state index >= 15 is 0 Å². The lowest BCUT2D eigenvalue weighted by Gasteiger charge is -2.28. The van der Waals surface area contributed by atoms with E-state index in [0.717, 1.165) is 0 Å². The first-order valence-corrected chi connectivity index (χ1v) is 9.25. The highest BCUT2D eigenvalue weighted by Gasteiger charge is 2.26. The number of hydrogen-bond acceptors (Lipinski definition) is 7. The van der Waals surface area contributed by atoms with E-state index in [1.807, 2.05) is 0 Å². The lowest BCUT2D eigenvalue weighted by Crippen LogP contribution is -2.43. The Kier molecular flexibility index (Phi) is 4.27. The minimum absolute atomic E-state index is 0.193. The van der Waals surface area contributed by atoms with E-state index in [1.54, 1.807) is 17.0 Å². The highest BCUT2D eigenvalue weighted by atomic mass is 32.2. The second-order valence-corrected chi connectivity index (χ2v) is 7.90. The third kappa shape index (κ3) is 2.99. The van der Waals surface area contributed by atoms with Crippen molar-refractivity contribution in [3.8, 4) is 11.5 Å². The van der Waals surface area contributed by atoms with Gasteiger partial charge in [0.1, 0.15) is 12.0 Å². The first-order valence-electron chi connectivity index (χ1n) is 7.35. The lowest BCUT2D eigenvalue weighted by atomic mass is 10.1. The fourth-order valence-corrected chi connectivity index (χ4v) is 3.87. The van der Waals surface area contributed by atoms with Gasteiger partial charge in [0.15, 0.2) is 11.5 Å². The van der Waals surface area contributed by atoms with Crippen molar-refractivity contribution >= 4 is 26.5 Å². The molecule has 0 atom stereocenters. The average molecular weight is 350 g/mol. The van der Waals surface area contributed by atoms with E-state index in [-0.39, 0.29) is 23.1 Å². The molecule has 1 aromatic carbocycles. The van der Waals surface area contributed by atoms with Crippen LogP contribution < -0.4 is 9.47 Å². The number of rotatable bonds is 3. The van der Waals surface area contributed by atoms with Gasteiger partial charge in [0.05, 0.1) is 19.7 Å². The number of aromatic nitrogens is 2. The maximum absolute atomic E-state index is 12.8. The molecule has 1 aromatic heterocycles. The number of nitrogens with zero attached hydrogens (tertiary/aromatic N) is 3. The van der Waals surface area contributed by atoms with Gasteiger partial charge in [0.2, 0.25) is 0 Å². The van der Waals surface area contributed by atoms with Crippen LogP contribution in [0.25, 0.3) is 10.9 Å². The van der Waals surface area contributed by atoms with Crippen LogP contribution in [0.15, 0.2) is 18.5 Å². The number of amides is 1. The normalized spacial score (nSPS) is 16.8. The van der Waals surface area contributed by atoms with Crippen LogP contribution >= 0.6 is 0 Å². The third-order valence-corrected chi connectivity index (χ3v) is 5.70. The molecule has 1 fully saturated rings. The van der Waals surface area contributed by atoms with Gasteiger partial charge in [-0.1, -0.05) is 0 Å². The van der Waals surface area contributed by atoms with Gasteiger partial charge in [-0.25, -0.2) is 14.2 Å². The van der Waals surface area contributed by atoms with E-state index in [2.05, 4.69) is 9.97 Å². The molecule has 2 aromatic rings. The number of benzene rings is 1. The molecule has 128 valence electrons. The molecular weight excluding hydrogens is 332 g/mol. The largest absolute Gasteiger partial charge is 0.493 e. The molecule has 0 saturated carbocycles. The SMILES string of the molecule is COc1cc2ncnc(C(=O)N3CCS(=N)(=O)CC3)c2cc1OC. The summed E-state index contributed by atoms with van der Waals surface area (Å²) in [5.74, 6) is 1.14. The monoisotopic (exact) mass is 350 g/mol. The Morgan fingerprint density at radius 3 is 2.42 bits per heavy atom. The minimum atomic E-state index is -2.56. The molecule has 0 aliphatic carbocycles. The van der Waals surface area contributed by atoms with Crippen LogP contribution in [-0.2, 0) is 9.73 Å². The second-order valence-electron chi connectivity index (χ2n) is 5.46. The number of hydrogen-bond donors (Lipinski definition) is 1. The van der Waals surface area contributed by atoms with Gasteiger partial charge in [0.25, 0.3) is 5.91 Å². The number of fused-ring (bicyclic) bond motifs is 1. The lowest BCUT2D eigenvalue weighted by molar-refractivity contribution is 0.0767. The Labute approximate surface area is 139 Å². The molecule has 0 radical (unpaired) electrons. The average Bonchev–Trinajstić information content (AvgIpc) is 2.59. The quantitative estimate of drug-likeness (QED) is 0.890. The third-order valence-electron chi connectivity index (χ3n) is 4.01. The number of ether oxygens (including phenoxy) is 2. The van der Waals surface area contributed by atoms with Crippen molar-refractivity contribution < 1.29 is 18.5 Å². The summed E-state index contributed by atoms with van der Waals surface area (Å²) in [4.78, 5) is 22.7. The molecule has 1 aliphatic rings. The van der Waals surface area contributed by atoms with Crippen LogP contribution in [0, 0.1) is 4.78 Å². The van der Waals surface area contributed by atoms with Crippen LogP contribution in [-0.4, -0.2) is 63.8 Å². The van der Waals surface area contributed by atoms with Crippen LogP contribution in [0.2, 0.25) is 0 Å². The number of carbonyl (C=O) groups excluding carboxylic acids is 1. The summed E-state index contributed by atoms with van der Waals surface area (Å²) in [6.45, 7) is 0.583. The molecule has 1 aliphatic heterocycles. The molecule has 3 rings (SSSR count). The maximum Gasteiger partial charge on any atom is 0.273 e. The van der Waals surface area contributed by atoms with Gasteiger partial charge in [-0.2, -0.15) is 0 Å². The Morgan fingerprint density at radius 1 is 1.17 bits per heavy atom. The molecule has 9 heteroatoms. The Hall–Kier alpha value is -2.42. The standard InChI is InChI=1S/C15H18N4O4S/c1-22-12-7-10-11(8-13(12)23-2)17-9-18-14(10)15(20)19-3-5-24(16,21)6-4-19/h7-9,16H,3-6H2,1-2H3. The first-order chi connectivity index (χ1) is 11.4. The summed E-state index contributed by atoms with van der Waals surface area (Å²) in [6.07, 6.45) is 1.33. The van der Waals surface area contributed by atoms with Crippen molar-refractivity contribution in [3.63, 3.8) is 0 Å². The van der Waals surface area contributed by atoms with Crippen molar-refractivity contribution in [1.29, 1.82) is 4.78 Å². The van der Waals surface area contributed by atoms with Crippen molar-refractivity contribution in [3.05, 3.63) is 24.2 Å². The number of carbonyl (C=O) groups is 1. The summed E-state index contributed by atoms with van der Waals surface area (Å²) in [6, 6.07) is 3.37. The fourth-order valence-electron chi connectivity index (χ4n) is 2.64. The summed E-state index contributed by atoms with van der Waals surface area (Å²) in [7, 11) is 0.492. The Balaban J connectivity index is 2.01. The molecule has 1 N–H and O–H groups in total. The van der Waals surface area contributed by atoms with Gasteiger partial charge in [0, 0.05) is 45.8 Å². The molecule has 8 nitrogen and oxygen atoms in total. The van der Waals surface area contributed by atoms with Crippen molar-refractivity contribution in [2.24, 2.45) is 0 Å². The predicted octanol–water partition coefficient (Wildman–Crippen LogP) is 1.15. The van der Waals surface area contributed by atoms with Gasteiger partial charge < -0.3 is 14.4 Å². The van der Waals surface area contributed by atoms with Crippen molar-refractivity contribution in [1.82, 2.24) is 14.9 Å². The van der Waals surface area contributed by atoms with Gasteiger partial charge in [-0.15, -0.1) is 0 Å². The van der Waals surface area contributed by atoms with E-state index in [9.17, 15) is 9.00 Å². The highest BCUT2D eigenvalue weighted by molar-refractivity contribution is 7.92. The van der Waals surface area contributed by atoms with Gasteiger partial charge in [-0.3, -0.25) is 9.57 Å². The molecule has 2 heterocycles.